The standard InChI is InChI=1S/C22H23BrF2N4O2/c1-12(2)21(29-11-27-18-9-15(24)16(25)10-19(18)29)22(31)26-7-6-20(30)28-17-8-14(23)5-4-13(17)3/h4-5,8-12,21H,6-7H2,1-3H3,(H,26,31)(H,28,30). The van der Waals surface area contributed by atoms with Crippen molar-refractivity contribution in [2.45, 2.75) is 33.2 Å². The van der Waals surface area contributed by atoms with Crippen LogP contribution in [0.3, 0.4) is 0 Å². The molecule has 0 aliphatic carbocycles. The van der Waals surface area contributed by atoms with E-state index in [9.17, 15) is 18.4 Å². The lowest BCUT2D eigenvalue weighted by Crippen LogP contribution is -2.36. The lowest BCUT2D eigenvalue weighted by molar-refractivity contribution is -0.125. The summed E-state index contributed by atoms with van der Waals surface area (Å²) in [5.74, 6) is -2.70. The second-order valence-corrected chi connectivity index (χ2v) is 8.56. The molecule has 6 nitrogen and oxygen atoms in total. The van der Waals surface area contributed by atoms with Gasteiger partial charge in [-0.3, -0.25) is 9.59 Å². The van der Waals surface area contributed by atoms with Crippen molar-refractivity contribution in [2.75, 3.05) is 11.9 Å². The number of nitrogens with zero attached hydrogens (tertiary/aromatic N) is 2. The quantitative estimate of drug-likeness (QED) is 0.500. The smallest absolute Gasteiger partial charge is 0.243 e. The van der Waals surface area contributed by atoms with Gasteiger partial charge in [0.05, 0.1) is 17.4 Å². The van der Waals surface area contributed by atoms with Gasteiger partial charge in [-0.25, -0.2) is 13.8 Å². The number of nitrogens with one attached hydrogen (secondary N) is 2. The van der Waals surface area contributed by atoms with Crippen molar-refractivity contribution in [3.8, 4) is 0 Å². The lowest BCUT2D eigenvalue weighted by atomic mass is 10.0. The van der Waals surface area contributed by atoms with Gasteiger partial charge in [0.1, 0.15) is 6.04 Å². The number of benzene rings is 2. The highest BCUT2D eigenvalue weighted by Gasteiger charge is 2.26. The summed E-state index contributed by atoms with van der Waals surface area (Å²) < 4.78 is 29.6. The average Bonchev–Trinajstić information content (AvgIpc) is 3.07. The molecule has 0 saturated heterocycles. The molecule has 0 saturated carbocycles. The van der Waals surface area contributed by atoms with Crippen molar-refractivity contribution in [2.24, 2.45) is 5.92 Å². The molecule has 2 aromatic carbocycles. The molecule has 1 heterocycles. The fourth-order valence-corrected chi connectivity index (χ4v) is 3.70. The molecule has 1 unspecified atom stereocenters. The number of fused-ring (bicyclic) bond motifs is 1. The number of hydrogen-bond acceptors (Lipinski definition) is 3. The summed E-state index contributed by atoms with van der Waals surface area (Å²) in [4.78, 5) is 29.2. The molecular weight excluding hydrogens is 470 g/mol. The summed E-state index contributed by atoms with van der Waals surface area (Å²) in [5, 5.41) is 5.59. The Balaban J connectivity index is 1.66. The van der Waals surface area contributed by atoms with E-state index in [2.05, 4.69) is 31.5 Å². The van der Waals surface area contributed by atoms with E-state index in [1.807, 2.05) is 39.0 Å². The number of aryl methyl sites for hydroxylation is 1. The van der Waals surface area contributed by atoms with E-state index in [0.29, 0.717) is 11.2 Å². The van der Waals surface area contributed by atoms with Gasteiger partial charge in [-0.05, 0) is 30.5 Å². The van der Waals surface area contributed by atoms with E-state index in [4.69, 9.17) is 0 Å². The molecule has 0 radical (unpaired) electrons. The molecule has 0 bridgehead atoms. The van der Waals surface area contributed by atoms with Crippen LogP contribution in [0.4, 0.5) is 14.5 Å². The van der Waals surface area contributed by atoms with Crippen LogP contribution >= 0.6 is 15.9 Å². The van der Waals surface area contributed by atoms with Crippen LogP contribution in [0.1, 0.15) is 31.9 Å². The SMILES string of the molecule is Cc1ccc(Br)cc1NC(=O)CCNC(=O)C(C(C)C)n1cnc2cc(F)c(F)cc21. The first kappa shape index (κ1) is 22.9. The second-order valence-electron chi connectivity index (χ2n) is 7.64. The van der Waals surface area contributed by atoms with Crippen LogP contribution in [0.15, 0.2) is 41.1 Å². The molecule has 3 rings (SSSR count). The zero-order chi connectivity index (χ0) is 22.7. The van der Waals surface area contributed by atoms with Gasteiger partial charge in [0.25, 0.3) is 0 Å². The zero-order valence-electron chi connectivity index (χ0n) is 17.4. The first-order valence-corrected chi connectivity index (χ1v) is 10.6. The third kappa shape index (κ3) is 5.28. The van der Waals surface area contributed by atoms with E-state index in [0.717, 1.165) is 22.2 Å². The van der Waals surface area contributed by atoms with Gasteiger partial charge >= 0.3 is 0 Å². The monoisotopic (exact) mass is 492 g/mol. The molecule has 1 atom stereocenters. The van der Waals surface area contributed by atoms with Crippen LogP contribution in [-0.2, 0) is 9.59 Å². The molecule has 31 heavy (non-hydrogen) atoms. The molecule has 1 aromatic heterocycles. The Kier molecular flexibility index (Phi) is 7.04. The predicted octanol–water partition coefficient (Wildman–Crippen LogP) is 4.73. The summed E-state index contributed by atoms with van der Waals surface area (Å²) in [6, 6.07) is 6.94. The second kappa shape index (κ2) is 9.55. The van der Waals surface area contributed by atoms with Crippen molar-refractivity contribution in [1.29, 1.82) is 0 Å². The first-order valence-electron chi connectivity index (χ1n) is 9.82. The number of rotatable bonds is 7. The van der Waals surface area contributed by atoms with Crippen molar-refractivity contribution < 1.29 is 18.4 Å². The largest absolute Gasteiger partial charge is 0.354 e. The molecule has 2 amide bonds. The molecule has 9 heteroatoms. The Morgan fingerprint density at radius 1 is 1.16 bits per heavy atom. The molecular formula is C22H23BrF2N4O2. The minimum Gasteiger partial charge on any atom is -0.354 e. The van der Waals surface area contributed by atoms with Gasteiger partial charge in [0.2, 0.25) is 11.8 Å². The van der Waals surface area contributed by atoms with Gasteiger partial charge in [-0.1, -0.05) is 35.8 Å². The number of carbonyl (C=O) groups excluding carboxylic acids is 2. The highest BCUT2D eigenvalue weighted by atomic mass is 79.9. The third-order valence-corrected chi connectivity index (χ3v) is 5.43. The molecule has 0 aliphatic heterocycles. The molecule has 3 aromatic rings. The maximum Gasteiger partial charge on any atom is 0.243 e. The van der Waals surface area contributed by atoms with Gasteiger partial charge in [-0.15, -0.1) is 0 Å². The Labute approximate surface area is 187 Å². The number of carbonyl (C=O) groups is 2. The maximum atomic E-state index is 13.7. The van der Waals surface area contributed by atoms with E-state index in [1.165, 1.54) is 10.9 Å². The van der Waals surface area contributed by atoms with Gasteiger partial charge in [0.15, 0.2) is 11.6 Å². The average molecular weight is 493 g/mol. The summed E-state index contributed by atoms with van der Waals surface area (Å²) in [6.45, 7) is 5.72. The number of anilines is 1. The summed E-state index contributed by atoms with van der Waals surface area (Å²) in [6.07, 6.45) is 1.49. The Bertz CT molecular complexity index is 1130. The van der Waals surface area contributed by atoms with Crippen LogP contribution in [-0.4, -0.2) is 27.9 Å². The summed E-state index contributed by atoms with van der Waals surface area (Å²) in [7, 11) is 0. The van der Waals surface area contributed by atoms with Crippen LogP contribution < -0.4 is 10.6 Å². The number of imidazole rings is 1. The van der Waals surface area contributed by atoms with Gasteiger partial charge in [-0.2, -0.15) is 0 Å². The fourth-order valence-electron chi connectivity index (χ4n) is 3.34. The van der Waals surface area contributed by atoms with Gasteiger partial charge < -0.3 is 15.2 Å². The molecule has 0 fully saturated rings. The van der Waals surface area contributed by atoms with Gasteiger partial charge in [0, 0.05) is 35.3 Å². The fraction of sp³-hybridized carbons (Fsp3) is 0.318. The maximum absolute atomic E-state index is 13.7. The summed E-state index contributed by atoms with van der Waals surface area (Å²) >= 11 is 3.37. The number of amides is 2. The van der Waals surface area contributed by atoms with E-state index in [-0.39, 0.29) is 36.2 Å². The normalized spacial score (nSPS) is 12.2. The van der Waals surface area contributed by atoms with E-state index >= 15 is 0 Å². The molecule has 0 spiro atoms. The molecule has 2 N–H and O–H groups in total. The number of aromatic nitrogens is 2. The number of hydrogen-bond donors (Lipinski definition) is 2. The predicted molar refractivity (Wildman–Crippen MR) is 119 cm³/mol. The topological polar surface area (TPSA) is 76.0 Å². The number of halogens is 3. The Morgan fingerprint density at radius 2 is 1.87 bits per heavy atom. The van der Waals surface area contributed by atoms with E-state index in [1.54, 1.807) is 0 Å². The molecule has 164 valence electrons. The van der Waals surface area contributed by atoms with Crippen molar-refractivity contribution in [3.05, 3.63) is 58.3 Å². The first-order chi connectivity index (χ1) is 14.7. The minimum absolute atomic E-state index is 0.0903. The Morgan fingerprint density at radius 3 is 2.58 bits per heavy atom. The van der Waals surface area contributed by atoms with Crippen molar-refractivity contribution >= 4 is 44.5 Å². The van der Waals surface area contributed by atoms with Crippen molar-refractivity contribution in [1.82, 2.24) is 14.9 Å². The zero-order valence-corrected chi connectivity index (χ0v) is 19.0. The summed E-state index contributed by atoms with van der Waals surface area (Å²) in [5.41, 5.74) is 2.22. The molecule has 0 aliphatic rings. The van der Waals surface area contributed by atoms with Crippen LogP contribution in [0.25, 0.3) is 11.0 Å². The highest BCUT2D eigenvalue weighted by Crippen LogP contribution is 2.25. The van der Waals surface area contributed by atoms with Crippen LogP contribution in [0, 0.1) is 24.5 Å². The van der Waals surface area contributed by atoms with Crippen LogP contribution in [0.2, 0.25) is 0 Å². The van der Waals surface area contributed by atoms with Crippen molar-refractivity contribution in [3.63, 3.8) is 0 Å². The van der Waals surface area contributed by atoms with Crippen LogP contribution in [0.5, 0.6) is 0 Å². The minimum atomic E-state index is -1.00. The van der Waals surface area contributed by atoms with E-state index < -0.39 is 17.7 Å². The highest BCUT2D eigenvalue weighted by molar-refractivity contribution is 9.10. The third-order valence-electron chi connectivity index (χ3n) is 4.94. The lowest BCUT2D eigenvalue weighted by Gasteiger charge is -2.22. The Hall–Kier alpha value is -2.81.